The maximum Gasteiger partial charge on any atom is 0.325 e. The summed E-state index contributed by atoms with van der Waals surface area (Å²) in [7, 11) is -2.22. The molecule has 4 rings (SSSR count). The summed E-state index contributed by atoms with van der Waals surface area (Å²) in [6.07, 6.45) is 3.34. The Morgan fingerprint density at radius 3 is 2.44 bits per heavy atom. The number of halogens is 1. The van der Waals surface area contributed by atoms with Gasteiger partial charge in [-0.25, -0.2) is 13.4 Å². The Hall–Kier alpha value is -2.43. The number of aromatic nitrogens is 2. The van der Waals surface area contributed by atoms with E-state index in [0.29, 0.717) is 41.9 Å². The van der Waals surface area contributed by atoms with E-state index >= 15 is 0 Å². The van der Waals surface area contributed by atoms with Crippen molar-refractivity contribution in [1.29, 1.82) is 0 Å². The molecule has 3 aromatic rings. The summed E-state index contributed by atoms with van der Waals surface area (Å²) in [6, 6.07) is 10.5. The second kappa shape index (κ2) is 10.1. The molecule has 0 amide bonds. The van der Waals surface area contributed by atoms with E-state index in [0.717, 1.165) is 10.9 Å². The Morgan fingerprint density at radius 2 is 1.82 bits per heavy atom. The SMILES string of the molecule is COC(=O)Cn1cc(C2CCN(S(=O)(=O)c3ccc(OC(C)C)cc3)CC2)c2ccc(Br)nc21. The minimum absolute atomic E-state index is 0.0244. The maximum absolute atomic E-state index is 13.2. The quantitative estimate of drug-likeness (QED) is 0.322. The summed E-state index contributed by atoms with van der Waals surface area (Å²) >= 11 is 3.40. The van der Waals surface area contributed by atoms with Gasteiger partial charge >= 0.3 is 5.97 Å². The molecule has 3 heterocycles. The molecule has 1 aromatic carbocycles. The van der Waals surface area contributed by atoms with Crippen LogP contribution in [0.3, 0.4) is 0 Å². The zero-order chi connectivity index (χ0) is 24.5. The van der Waals surface area contributed by atoms with Crippen molar-refractivity contribution in [2.24, 2.45) is 0 Å². The number of carbonyl (C=O) groups is 1. The van der Waals surface area contributed by atoms with E-state index < -0.39 is 10.0 Å². The number of fused-ring (bicyclic) bond motifs is 1. The fourth-order valence-electron chi connectivity index (χ4n) is 4.34. The van der Waals surface area contributed by atoms with Crippen LogP contribution in [0.4, 0.5) is 0 Å². The average molecular weight is 550 g/mol. The number of piperidine rings is 1. The van der Waals surface area contributed by atoms with Crippen LogP contribution < -0.4 is 4.74 Å². The fourth-order valence-corrected chi connectivity index (χ4v) is 6.11. The van der Waals surface area contributed by atoms with Gasteiger partial charge in [-0.3, -0.25) is 4.79 Å². The van der Waals surface area contributed by atoms with Crippen molar-refractivity contribution in [1.82, 2.24) is 13.9 Å². The molecule has 8 nitrogen and oxygen atoms in total. The maximum atomic E-state index is 13.2. The Morgan fingerprint density at radius 1 is 1.15 bits per heavy atom. The van der Waals surface area contributed by atoms with Crippen molar-refractivity contribution in [3.63, 3.8) is 0 Å². The molecule has 0 bridgehead atoms. The number of ether oxygens (including phenoxy) is 2. The monoisotopic (exact) mass is 549 g/mol. The van der Waals surface area contributed by atoms with Crippen LogP contribution in [-0.2, 0) is 26.1 Å². The van der Waals surface area contributed by atoms with Gasteiger partial charge in [0.2, 0.25) is 10.0 Å². The first-order chi connectivity index (χ1) is 16.2. The van der Waals surface area contributed by atoms with Crippen LogP contribution in [0.25, 0.3) is 11.0 Å². The zero-order valence-corrected chi connectivity index (χ0v) is 21.8. The van der Waals surface area contributed by atoms with Crippen molar-refractivity contribution >= 4 is 43.0 Å². The van der Waals surface area contributed by atoms with Crippen molar-refractivity contribution in [3.05, 3.63) is 52.8 Å². The molecule has 182 valence electrons. The van der Waals surface area contributed by atoms with Crippen LogP contribution in [-0.4, -0.2) is 54.5 Å². The van der Waals surface area contributed by atoms with Crippen LogP contribution in [0, 0.1) is 0 Å². The lowest BCUT2D eigenvalue weighted by Gasteiger charge is -2.31. The number of rotatable bonds is 7. The highest BCUT2D eigenvalue weighted by molar-refractivity contribution is 9.10. The minimum Gasteiger partial charge on any atom is -0.491 e. The minimum atomic E-state index is -3.58. The van der Waals surface area contributed by atoms with Crippen LogP contribution in [0.5, 0.6) is 5.75 Å². The molecule has 1 saturated heterocycles. The highest BCUT2D eigenvalue weighted by atomic mass is 79.9. The number of methoxy groups -OCH3 is 1. The molecule has 0 aliphatic carbocycles. The van der Waals surface area contributed by atoms with Crippen LogP contribution in [0.2, 0.25) is 0 Å². The summed E-state index contributed by atoms with van der Waals surface area (Å²) in [5.74, 6) is 0.463. The lowest BCUT2D eigenvalue weighted by molar-refractivity contribution is -0.141. The van der Waals surface area contributed by atoms with Crippen molar-refractivity contribution in [2.45, 2.75) is 50.2 Å². The highest BCUT2D eigenvalue weighted by Gasteiger charge is 2.31. The number of esters is 1. The molecule has 0 spiro atoms. The predicted octanol–water partition coefficient (Wildman–Crippen LogP) is 4.33. The fraction of sp³-hybridized carbons (Fsp3) is 0.417. The largest absolute Gasteiger partial charge is 0.491 e. The molecule has 1 aliphatic rings. The molecule has 0 atom stereocenters. The van der Waals surface area contributed by atoms with Gasteiger partial charge < -0.3 is 14.0 Å². The molecular formula is C24H28BrN3O5S. The topological polar surface area (TPSA) is 90.7 Å². The Bertz CT molecular complexity index is 1280. The van der Waals surface area contributed by atoms with Crippen molar-refractivity contribution < 1.29 is 22.7 Å². The number of hydrogen-bond acceptors (Lipinski definition) is 6. The summed E-state index contributed by atoms with van der Waals surface area (Å²) in [5, 5.41) is 0.967. The lowest BCUT2D eigenvalue weighted by atomic mass is 9.90. The molecule has 34 heavy (non-hydrogen) atoms. The second-order valence-corrected chi connectivity index (χ2v) is 11.4. The number of hydrogen-bond donors (Lipinski definition) is 0. The first kappa shape index (κ1) is 24.7. The van der Waals surface area contributed by atoms with Gasteiger partial charge in [0, 0.05) is 24.7 Å². The van der Waals surface area contributed by atoms with Gasteiger partial charge in [-0.15, -0.1) is 0 Å². The standard InChI is InChI=1S/C24H28BrN3O5S/c1-16(2)33-18-4-6-19(7-5-18)34(30,31)28-12-10-17(11-13-28)21-14-27(15-23(29)32-3)24-20(21)8-9-22(25)26-24/h4-9,14,16-17H,10-13,15H2,1-3H3. The smallest absolute Gasteiger partial charge is 0.325 e. The summed E-state index contributed by atoms with van der Waals surface area (Å²) in [5.41, 5.74) is 1.78. The third-order valence-electron chi connectivity index (χ3n) is 5.97. The van der Waals surface area contributed by atoms with Gasteiger partial charge in [0.05, 0.1) is 18.1 Å². The van der Waals surface area contributed by atoms with Crippen LogP contribution >= 0.6 is 15.9 Å². The summed E-state index contributed by atoms with van der Waals surface area (Å²) < 4.78 is 40.8. The Balaban J connectivity index is 1.52. The zero-order valence-electron chi connectivity index (χ0n) is 19.4. The van der Waals surface area contributed by atoms with Crippen molar-refractivity contribution in [2.75, 3.05) is 20.2 Å². The number of carbonyl (C=O) groups excluding carboxylic acids is 1. The van der Waals surface area contributed by atoms with Gasteiger partial charge in [-0.05, 0) is 90.5 Å². The first-order valence-electron chi connectivity index (χ1n) is 11.2. The van der Waals surface area contributed by atoms with E-state index in [9.17, 15) is 13.2 Å². The first-order valence-corrected chi connectivity index (χ1v) is 13.4. The third kappa shape index (κ3) is 5.13. The van der Waals surface area contributed by atoms with E-state index in [1.54, 1.807) is 33.1 Å². The normalized spacial score (nSPS) is 15.7. The van der Waals surface area contributed by atoms with Crippen LogP contribution in [0.15, 0.2) is 52.1 Å². The molecule has 1 fully saturated rings. The van der Waals surface area contributed by atoms with Gasteiger partial charge in [0.15, 0.2) is 0 Å². The lowest BCUT2D eigenvalue weighted by Crippen LogP contribution is -2.37. The molecule has 0 N–H and O–H groups in total. The van der Waals surface area contributed by atoms with Crippen LogP contribution in [0.1, 0.15) is 38.2 Å². The summed E-state index contributed by atoms with van der Waals surface area (Å²) in [6.45, 7) is 4.77. The molecule has 10 heteroatoms. The number of benzene rings is 1. The molecule has 0 unspecified atom stereocenters. The summed E-state index contributed by atoms with van der Waals surface area (Å²) in [4.78, 5) is 16.7. The Kier molecular flexibility index (Phi) is 7.30. The number of nitrogens with zero attached hydrogens (tertiary/aromatic N) is 3. The molecule has 0 radical (unpaired) electrons. The van der Waals surface area contributed by atoms with E-state index in [1.807, 2.05) is 32.2 Å². The van der Waals surface area contributed by atoms with E-state index in [-0.39, 0.29) is 29.4 Å². The van der Waals surface area contributed by atoms with Gasteiger partial charge in [0.25, 0.3) is 0 Å². The second-order valence-electron chi connectivity index (χ2n) is 8.61. The van der Waals surface area contributed by atoms with E-state index in [2.05, 4.69) is 20.9 Å². The average Bonchev–Trinajstić information content (AvgIpc) is 3.16. The number of sulfonamides is 1. The van der Waals surface area contributed by atoms with Gasteiger partial charge in [-0.1, -0.05) is 0 Å². The Labute approximate surface area is 208 Å². The molecule has 2 aromatic heterocycles. The molecule has 0 saturated carbocycles. The highest BCUT2D eigenvalue weighted by Crippen LogP contribution is 2.36. The predicted molar refractivity (Wildman–Crippen MR) is 132 cm³/mol. The van der Waals surface area contributed by atoms with Crippen molar-refractivity contribution in [3.8, 4) is 5.75 Å². The third-order valence-corrected chi connectivity index (χ3v) is 8.33. The molecular weight excluding hydrogens is 522 g/mol. The molecule has 1 aliphatic heterocycles. The van der Waals surface area contributed by atoms with E-state index in [4.69, 9.17) is 9.47 Å². The van der Waals surface area contributed by atoms with Gasteiger partial charge in [-0.2, -0.15) is 4.31 Å². The van der Waals surface area contributed by atoms with E-state index in [1.165, 1.54) is 7.11 Å². The number of pyridine rings is 1. The van der Waals surface area contributed by atoms with Gasteiger partial charge in [0.1, 0.15) is 22.5 Å².